The normalized spacial score (nSPS) is 12.8. The van der Waals surface area contributed by atoms with E-state index in [1.807, 2.05) is 13.8 Å². The number of rotatable bonds is 7. The van der Waals surface area contributed by atoms with E-state index in [-0.39, 0.29) is 10.9 Å². The second-order valence-electron chi connectivity index (χ2n) is 7.32. The molecule has 0 saturated carbocycles. The number of nitrogens with one attached hydrogen (secondary N) is 1. The van der Waals surface area contributed by atoms with E-state index < -0.39 is 22.0 Å². The lowest BCUT2D eigenvalue weighted by Crippen LogP contribution is -2.46. The minimum atomic E-state index is -3.68. The van der Waals surface area contributed by atoms with Crippen molar-refractivity contribution in [3.63, 3.8) is 0 Å². The average Bonchev–Trinajstić information content (AvgIpc) is 3.00. The third-order valence-electron chi connectivity index (χ3n) is 4.74. The first kappa shape index (κ1) is 22.0. The van der Waals surface area contributed by atoms with Gasteiger partial charge in [0.25, 0.3) is 0 Å². The first-order chi connectivity index (χ1) is 14.1. The molecule has 1 atom stereocenters. The highest BCUT2D eigenvalue weighted by atomic mass is 32.2. The van der Waals surface area contributed by atoms with Crippen LogP contribution in [-0.4, -0.2) is 31.2 Å². The number of para-hydroxylation sites is 1. The van der Waals surface area contributed by atoms with Gasteiger partial charge in [0.1, 0.15) is 6.04 Å². The number of carbonyl (C=O) groups is 1. The summed E-state index contributed by atoms with van der Waals surface area (Å²) in [4.78, 5) is 25.2. The minimum Gasteiger partial charge on any atom is -0.324 e. The van der Waals surface area contributed by atoms with E-state index in [1.54, 1.807) is 60.0 Å². The van der Waals surface area contributed by atoms with Gasteiger partial charge in [-0.25, -0.2) is 8.42 Å². The fourth-order valence-electron chi connectivity index (χ4n) is 3.46. The number of hydrogen-bond donors (Lipinski definition) is 1. The Morgan fingerprint density at radius 2 is 1.83 bits per heavy atom. The molecule has 0 spiro atoms. The van der Waals surface area contributed by atoms with Crippen LogP contribution in [0.1, 0.15) is 33.2 Å². The highest BCUT2D eigenvalue weighted by molar-refractivity contribution is 7.92. The van der Waals surface area contributed by atoms with Crippen molar-refractivity contribution >= 4 is 48.9 Å². The van der Waals surface area contributed by atoms with Crippen LogP contribution in [0.3, 0.4) is 0 Å². The molecule has 3 rings (SSSR count). The maximum absolute atomic E-state index is 13.0. The number of hydrogen-bond acceptors (Lipinski definition) is 5. The minimum absolute atomic E-state index is 0.0327. The van der Waals surface area contributed by atoms with Crippen LogP contribution in [0.15, 0.2) is 53.3 Å². The summed E-state index contributed by atoms with van der Waals surface area (Å²) in [5, 5.41) is 2.82. The van der Waals surface area contributed by atoms with Gasteiger partial charge in [0.2, 0.25) is 15.9 Å². The fraction of sp³-hybridized carbons (Fsp3) is 0.333. The summed E-state index contributed by atoms with van der Waals surface area (Å²) in [7, 11) is -3.68. The van der Waals surface area contributed by atoms with E-state index in [4.69, 9.17) is 0 Å². The maximum atomic E-state index is 13.0. The second-order valence-corrected chi connectivity index (χ2v) is 10.2. The molecule has 0 saturated heterocycles. The average molecular weight is 448 g/mol. The van der Waals surface area contributed by atoms with Gasteiger partial charge in [-0.15, -0.1) is 0 Å². The quantitative estimate of drug-likeness (QED) is 0.596. The summed E-state index contributed by atoms with van der Waals surface area (Å²) < 4.78 is 28.6. The first-order valence-corrected chi connectivity index (χ1v) is 12.3. The zero-order valence-corrected chi connectivity index (χ0v) is 19.0. The summed E-state index contributed by atoms with van der Waals surface area (Å²) in [6.45, 7) is 5.65. The molecule has 30 heavy (non-hydrogen) atoms. The largest absolute Gasteiger partial charge is 0.324 e. The lowest BCUT2D eigenvalue weighted by molar-refractivity contribution is -0.117. The van der Waals surface area contributed by atoms with Crippen molar-refractivity contribution in [1.82, 2.24) is 4.57 Å². The molecule has 0 aliphatic carbocycles. The summed E-state index contributed by atoms with van der Waals surface area (Å²) >= 11 is 1.12. The van der Waals surface area contributed by atoms with E-state index in [9.17, 15) is 18.0 Å². The molecule has 0 bridgehead atoms. The Labute approximate surface area is 180 Å². The van der Waals surface area contributed by atoms with Crippen LogP contribution in [-0.2, 0) is 14.8 Å². The standard InChI is InChI=1S/C21H25N3O4S2/c1-5-17(24(30(4,27)28)16-9-7-6-8-10-16)20(25)22-15-11-12-18-19(13-15)29-21(26)23(18)14(2)3/h6-14,17H,5H2,1-4H3,(H,22,25). The van der Waals surface area contributed by atoms with E-state index in [0.29, 0.717) is 17.8 Å². The molecule has 0 aliphatic heterocycles. The molecule has 7 nitrogen and oxygen atoms in total. The van der Waals surface area contributed by atoms with Crippen molar-refractivity contribution in [3.8, 4) is 0 Å². The van der Waals surface area contributed by atoms with Crippen molar-refractivity contribution < 1.29 is 13.2 Å². The van der Waals surface area contributed by atoms with Crippen LogP contribution in [0.2, 0.25) is 0 Å². The number of thiazole rings is 1. The van der Waals surface area contributed by atoms with Crippen molar-refractivity contribution in [2.75, 3.05) is 15.9 Å². The zero-order valence-electron chi connectivity index (χ0n) is 17.3. The smallest absolute Gasteiger partial charge is 0.308 e. The molecule has 3 aromatic rings. The molecular formula is C21H25N3O4S2. The topological polar surface area (TPSA) is 88.5 Å². The Bertz CT molecular complexity index is 1210. The Morgan fingerprint density at radius 3 is 2.40 bits per heavy atom. The molecule has 1 heterocycles. The number of benzene rings is 2. The Kier molecular flexibility index (Phi) is 6.33. The highest BCUT2D eigenvalue weighted by Crippen LogP contribution is 2.26. The summed E-state index contributed by atoms with van der Waals surface area (Å²) in [6, 6.07) is 13.0. The Balaban J connectivity index is 1.93. The molecule has 0 aliphatic rings. The van der Waals surface area contributed by atoms with Crippen LogP contribution in [0.5, 0.6) is 0 Å². The van der Waals surface area contributed by atoms with Crippen molar-refractivity contribution in [1.29, 1.82) is 0 Å². The number of aromatic nitrogens is 1. The van der Waals surface area contributed by atoms with Crippen molar-refractivity contribution in [3.05, 3.63) is 58.2 Å². The van der Waals surface area contributed by atoms with Crippen LogP contribution in [0, 0.1) is 0 Å². The highest BCUT2D eigenvalue weighted by Gasteiger charge is 2.31. The lowest BCUT2D eigenvalue weighted by atomic mass is 10.1. The van der Waals surface area contributed by atoms with Crippen molar-refractivity contribution in [2.45, 2.75) is 39.3 Å². The maximum Gasteiger partial charge on any atom is 0.308 e. The van der Waals surface area contributed by atoms with Crippen molar-refractivity contribution in [2.24, 2.45) is 0 Å². The predicted octanol–water partition coefficient (Wildman–Crippen LogP) is 3.83. The number of anilines is 2. The Morgan fingerprint density at radius 1 is 1.17 bits per heavy atom. The fourth-order valence-corrected chi connectivity index (χ4v) is 5.73. The molecule has 1 aromatic heterocycles. The second kappa shape index (κ2) is 8.61. The number of nitrogens with zero attached hydrogens (tertiary/aromatic N) is 2. The number of sulfonamides is 1. The predicted molar refractivity (Wildman–Crippen MR) is 123 cm³/mol. The number of fused-ring (bicyclic) bond motifs is 1. The molecule has 0 radical (unpaired) electrons. The number of carbonyl (C=O) groups excluding carboxylic acids is 1. The SMILES string of the molecule is CCC(C(=O)Nc1ccc2c(c1)sc(=O)n2C(C)C)N(c1ccccc1)S(C)(=O)=O. The zero-order chi connectivity index (χ0) is 22.1. The third-order valence-corrected chi connectivity index (χ3v) is 6.84. The van der Waals surface area contributed by atoms with Gasteiger partial charge < -0.3 is 5.32 Å². The molecule has 2 aromatic carbocycles. The van der Waals surface area contributed by atoms with E-state index >= 15 is 0 Å². The van der Waals surface area contributed by atoms with Crippen LogP contribution in [0.4, 0.5) is 11.4 Å². The molecule has 1 amide bonds. The molecule has 160 valence electrons. The third kappa shape index (κ3) is 4.41. The van der Waals surface area contributed by atoms with Gasteiger partial charge in [0, 0.05) is 11.7 Å². The summed E-state index contributed by atoms with van der Waals surface area (Å²) in [6.07, 6.45) is 1.39. The Hall–Kier alpha value is -2.65. The van der Waals surface area contributed by atoms with Gasteiger partial charge >= 0.3 is 4.87 Å². The molecular weight excluding hydrogens is 422 g/mol. The van der Waals surface area contributed by atoms with Crippen LogP contribution in [0.25, 0.3) is 10.2 Å². The molecule has 0 fully saturated rings. The van der Waals surface area contributed by atoms with Gasteiger partial charge in [-0.05, 0) is 50.6 Å². The van der Waals surface area contributed by atoms with Gasteiger partial charge in [-0.3, -0.25) is 18.5 Å². The lowest BCUT2D eigenvalue weighted by Gasteiger charge is -2.30. The van der Waals surface area contributed by atoms with Crippen LogP contribution >= 0.6 is 11.3 Å². The van der Waals surface area contributed by atoms with Crippen LogP contribution < -0.4 is 14.5 Å². The monoisotopic (exact) mass is 447 g/mol. The van der Waals surface area contributed by atoms with E-state index in [1.165, 1.54) is 0 Å². The van der Waals surface area contributed by atoms with Gasteiger partial charge in [-0.1, -0.05) is 36.5 Å². The molecule has 1 N–H and O–H groups in total. The van der Waals surface area contributed by atoms with Gasteiger partial charge in [0.05, 0.1) is 22.2 Å². The van der Waals surface area contributed by atoms with Gasteiger partial charge in [-0.2, -0.15) is 0 Å². The van der Waals surface area contributed by atoms with E-state index in [2.05, 4.69) is 5.32 Å². The molecule has 9 heteroatoms. The number of amides is 1. The molecule has 1 unspecified atom stereocenters. The van der Waals surface area contributed by atoms with Gasteiger partial charge in [0.15, 0.2) is 0 Å². The summed E-state index contributed by atoms with van der Waals surface area (Å²) in [5.74, 6) is -0.429. The van der Waals surface area contributed by atoms with E-state index in [0.717, 1.165) is 32.1 Å². The summed E-state index contributed by atoms with van der Waals surface area (Å²) in [5.41, 5.74) is 1.77. The first-order valence-electron chi connectivity index (χ1n) is 9.64.